The molecule has 1 aromatic carbocycles. The highest BCUT2D eigenvalue weighted by Gasteiger charge is 2.28. The summed E-state index contributed by atoms with van der Waals surface area (Å²) in [4.78, 5) is 0. The Balaban J connectivity index is 1.82. The lowest BCUT2D eigenvalue weighted by molar-refractivity contribution is 0.316. The van der Waals surface area contributed by atoms with Gasteiger partial charge in [-0.05, 0) is 24.1 Å². The van der Waals surface area contributed by atoms with E-state index in [1.54, 1.807) is 18.9 Å². The van der Waals surface area contributed by atoms with Crippen molar-refractivity contribution in [2.45, 2.75) is 11.7 Å². The van der Waals surface area contributed by atoms with E-state index in [4.69, 9.17) is 8.92 Å². The second kappa shape index (κ2) is 7.06. The fraction of sp³-hybridized carbons (Fsp3) is 0.462. The molecular weight excluding hydrogens is 316 g/mol. The van der Waals surface area contributed by atoms with Crippen LogP contribution in [0.3, 0.4) is 0 Å². The maximum absolute atomic E-state index is 10.9. The summed E-state index contributed by atoms with van der Waals surface area (Å²) in [6.45, 7) is 0.257. The molecule has 0 bridgehead atoms. The Labute approximate surface area is 128 Å². The largest absolute Gasteiger partial charge is 0.497 e. The van der Waals surface area contributed by atoms with Gasteiger partial charge in [-0.2, -0.15) is 8.42 Å². The zero-order valence-electron chi connectivity index (χ0n) is 11.4. The summed E-state index contributed by atoms with van der Waals surface area (Å²) in [5.74, 6) is 1.83. The highest BCUT2D eigenvalue weighted by Crippen LogP contribution is 2.49. The van der Waals surface area contributed by atoms with Crippen molar-refractivity contribution in [2.24, 2.45) is 0 Å². The molecule has 0 aromatic heterocycles. The Morgan fingerprint density at radius 3 is 2.60 bits per heavy atom. The SMILES string of the molecule is COc1ccc([C]2SCC(CCOS(C)(=O)=O)S2)cc1. The Hall–Kier alpha value is -0.370. The van der Waals surface area contributed by atoms with Gasteiger partial charge in [0.15, 0.2) is 0 Å². The van der Waals surface area contributed by atoms with Gasteiger partial charge in [0, 0.05) is 11.0 Å². The van der Waals surface area contributed by atoms with Crippen LogP contribution in [0.2, 0.25) is 0 Å². The average molecular weight is 333 g/mol. The van der Waals surface area contributed by atoms with Gasteiger partial charge in [-0.1, -0.05) is 12.1 Å². The minimum atomic E-state index is -3.33. The van der Waals surface area contributed by atoms with E-state index in [1.807, 2.05) is 36.0 Å². The maximum atomic E-state index is 10.9. The number of hydrogen-bond donors (Lipinski definition) is 0. The summed E-state index contributed by atoms with van der Waals surface area (Å²) >= 11 is 3.60. The van der Waals surface area contributed by atoms with Gasteiger partial charge in [0.05, 0.1) is 20.0 Å². The Kier molecular flexibility index (Phi) is 5.65. The molecule has 0 saturated carbocycles. The average Bonchev–Trinajstić information content (AvgIpc) is 2.86. The molecule has 0 spiro atoms. The van der Waals surface area contributed by atoms with E-state index < -0.39 is 10.1 Å². The first kappa shape index (κ1) is 16.0. The van der Waals surface area contributed by atoms with Gasteiger partial charge < -0.3 is 4.74 Å². The molecule has 111 valence electrons. The van der Waals surface area contributed by atoms with Crippen molar-refractivity contribution < 1.29 is 17.3 Å². The normalized spacial score (nSPS) is 20.2. The lowest BCUT2D eigenvalue weighted by atomic mass is 10.2. The second-order valence-corrected chi connectivity index (χ2v) is 8.62. The third-order valence-electron chi connectivity index (χ3n) is 2.74. The molecule has 1 aliphatic heterocycles. The van der Waals surface area contributed by atoms with E-state index in [9.17, 15) is 8.42 Å². The van der Waals surface area contributed by atoms with Gasteiger partial charge in [0.2, 0.25) is 0 Å². The Morgan fingerprint density at radius 1 is 1.30 bits per heavy atom. The van der Waals surface area contributed by atoms with Crippen LogP contribution in [0.5, 0.6) is 5.75 Å². The number of benzene rings is 1. The summed E-state index contributed by atoms with van der Waals surface area (Å²) in [7, 11) is -1.67. The topological polar surface area (TPSA) is 52.6 Å². The third-order valence-corrected chi connectivity index (χ3v) is 6.44. The fourth-order valence-electron chi connectivity index (χ4n) is 1.74. The minimum absolute atomic E-state index is 0.257. The van der Waals surface area contributed by atoms with Crippen molar-refractivity contribution in [3.05, 3.63) is 34.4 Å². The second-order valence-electron chi connectivity index (χ2n) is 4.38. The molecule has 1 heterocycles. The molecule has 1 unspecified atom stereocenters. The summed E-state index contributed by atoms with van der Waals surface area (Å²) in [6.07, 6.45) is 1.82. The predicted octanol–water partition coefficient (Wildman–Crippen LogP) is 2.75. The molecule has 1 saturated heterocycles. The van der Waals surface area contributed by atoms with E-state index in [0.29, 0.717) is 5.25 Å². The van der Waals surface area contributed by atoms with E-state index in [0.717, 1.165) is 24.2 Å². The van der Waals surface area contributed by atoms with Crippen LogP contribution in [0, 0.1) is 4.58 Å². The van der Waals surface area contributed by atoms with Crippen LogP contribution in [0.1, 0.15) is 12.0 Å². The molecule has 0 N–H and O–H groups in total. The van der Waals surface area contributed by atoms with E-state index in [1.165, 1.54) is 10.1 Å². The lowest BCUT2D eigenvalue weighted by Crippen LogP contribution is -2.10. The van der Waals surface area contributed by atoms with Gasteiger partial charge >= 0.3 is 0 Å². The summed E-state index contributed by atoms with van der Waals surface area (Å²) in [6, 6.07) is 7.99. The van der Waals surface area contributed by atoms with Crippen LogP contribution in [-0.4, -0.2) is 39.4 Å². The van der Waals surface area contributed by atoms with Crippen molar-refractivity contribution in [1.29, 1.82) is 0 Å². The van der Waals surface area contributed by atoms with Crippen molar-refractivity contribution in [3.8, 4) is 5.75 Å². The van der Waals surface area contributed by atoms with Gasteiger partial charge in [-0.15, -0.1) is 23.5 Å². The quantitative estimate of drug-likeness (QED) is 0.746. The molecule has 1 fully saturated rings. The van der Waals surface area contributed by atoms with Gasteiger partial charge in [-0.25, -0.2) is 0 Å². The molecule has 4 nitrogen and oxygen atoms in total. The van der Waals surface area contributed by atoms with Crippen LogP contribution < -0.4 is 4.74 Å². The molecule has 2 rings (SSSR count). The number of rotatable bonds is 6. The first-order valence-corrected chi connectivity index (χ1v) is 9.81. The van der Waals surface area contributed by atoms with Crippen molar-refractivity contribution in [2.75, 3.05) is 25.7 Å². The van der Waals surface area contributed by atoms with E-state index in [2.05, 4.69) is 0 Å². The van der Waals surface area contributed by atoms with Crippen LogP contribution >= 0.6 is 23.5 Å². The van der Waals surface area contributed by atoms with Crippen LogP contribution in [0.25, 0.3) is 0 Å². The Morgan fingerprint density at radius 2 is 2.00 bits per heavy atom. The van der Waals surface area contributed by atoms with Crippen LogP contribution in [0.4, 0.5) is 0 Å². The molecule has 20 heavy (non-hydrogen) atoms. The van der Waals surface area contributed by atoms with Gasteiger partial charge in [0.25, 0.3) is 10.1 Å². The van der Waals surface area contributed by atoms with Crippen molar-refractivity contribution >= 4 is 33.6 Å². The van der Waals surface area contributed by atoms with E-state index >= 15 is 0 Å². The Bertz CT molecular complexity index is 527. The summed E-state index contributed by atoms with van der Waals surface area (Å²) in [5.41, 5.74) is 1.19. The molecular formula is C13H17O4S3. The van der Waals surface area contributed by atoms with Gasteiger partial charge in [-0.3, -0.25) is 4.18 Å². The highest BCUT2D eigenvalue weighted by molar-refractivity contribution is 8.24. The molecule has 1 atom stereocenters. The van der Waals surface area contributed by atoms with Crippen LogP contribution in [0.15, 0.2) is 24.3 Å². The fourth-order valence-corrected chi connectivity index (χ4v) is 5.10. The molecule has 0 aliphatic carbocycles. The lowest BCUT2D eigenvalue weighted by Gasteiger charge is -2.10. The molecule has 1 aromatic rings. The summed E-state index contributed by atoms with van der Waals surface area (Å²) < 4.78 is 33.0. The van der Waals surface area contributed by atoms with Crippen molar-refractivity contribution in [1.82, 2.24) is 0 Å². The van der Waals surface area contributed by atoms with Gasteiger partial charge in [0.1, 0.15) is 10.3 Å². The third kappa shape index (κ3) is 4.87. The smallest absolute Gasteiger partial charge is 0.264 e. The molecule has 1 radical (unpaired) electrons. The predicted molar refractivity (Wildman–Crippen MR) is 84.6 cm³/mol. The monoisotopic (exact) mass is 333 g/mol. The first-order chi connectivity index (χ1) is 9.48. The standard InChI is InChI=1S/C13H17O4S3/c1-16-11-5-3-10(4-6-11)13-18-9-12(19-13)7-8-17-20(2,14)15/h3-6,12H,7-9H2,1-2H3. The zero-order valence-corrected chi connectivity index (χ0v) is 13.8. The number of thioether (sulfide) groups is 2. The number of ether oxygens (including phenoxy) is 1. The highest BCUT2D eigenvalue weighted by atomic mass is 32.2. The van der Waals surface area contributed by atoms with Crippen LogP contribution in [-0.2, 0) is 14.3 Å². The number of hydrogen-bond acceptors (Lipinski definition) is 6. The zero-order chi connectivity index (χ0) is 14.6. The first-order valence-electron chi connectivity index (χ1n) is 6.13. The summed E-state index contributed by atoms with van der Waals surface area (Å²) in [5, 5.41) is 0.402. The molecule has 0 amide bonds. The van der Waals surface area contributed by atoms with E-state index in [-0.39, 0.29) is 6.61 Å². The number of methoxy groups -OCH3 is 1. The van der Waals surface area contributed by atoms with Crippen molar-refractivity contribution in [3.63, 3.8) is 0 Å². The molecule has 1 aliphatic rings. The molecule has 7 heteroatoms. The minimum Gasteiger partial charge on any atom is -0.497 e. The maximum Gasteiger partial charge on any atom is 0.264 e.